The van der Waals surface area contributed by atoms with Crippen LogP contribution in [0.5, 0.6) is 5.75 Å². The van der Waals surface area contributed by atoms with Gasteiger partial charge in [-0.2, -0.15) is 5.26 Å². The van der Waals surface area contributed by atoms with Crippen LogP contribution in [-0.4, -0.2) is 12.4 Å². The highest BCUT2D eigenvalue weighted by Crippen LogP contribution is 2.34. The molecule has 14 heavy (non-hydrogen) atoms. The highest BCUT2D eigenvalue weighted by atomic mass is 79.9. The van der Waals surface area contributed by atoms with Gasteiger partial charge in [-0.15, -0.1) is 0 Å². The molecule has 0 amide bonds. The van der Waals surface area contributed by atoms with Gasteiger partial charge in [0.05, 0.1) is 17.7 Å². The number of hydrogen-bond donors (Lipinski definition) is 0. The third kappa shape index (κ3) is 1.30. The summed E-state index contributed by atoms with van der Waals surface area (Å²) in [6.07, 6.45) is 0.375. The molecule has 1 heterocycles. The second-order valence-electron chi connectivity index (χ2n) is 2.93. The lowest BCUT2D eigenvalue weighted by Crippen LogP contribution is -2.16. The molecule has 4 heteroatoms. The summed E-state index contributed by atoms with van der Waals surface area (Å²) in [7, 11) is 0. The van der Waals surface area contributed by atoms with Gasteiger partial charge in [0.1, 0.15) is 11.8 Å². The van der Waals surface area contributed by atoms with E-state index in [-0.39, 0.29) is 5.78 Å². The summed E-state index contributed by atoms with van der Waals surface area (Å²) in [5, 5.41) is 8.81. The van der Waals surface area contributed by atoms with E-state index in [0.29, 0.717) is 34.4 Å². The first-order chi connectivity index (χ1) is 6.74. The lowest BCUT2D eigenvalue weighted by atomic mass is 10.0. The number of Topliss-reactive ketones (excluding diaryl/α,β-unsaturated/α-hetero) is 1. The van der Waals surface area contributed by atoms with E-state index in [1.54, 1.807) is 12.1 Å². The summed E-state index contributed by atoms with van der Waals surface area (Å²) >= 11 is 3.28. The Morgan fingerprint density at radius 3 is 3.00 bits per heavy atom. The molecule has 0 atom stereocenters. The fraction of sp³-hybridized carbons (Fsp3) is 0.200. The van der Waals surface area contributed by atoms with Crippen LogP contribution in [0.3, 0.4) is 0 Å². The van der Waals surface area contributed by atoms with Crippen LogP contribution in [0.2, 0.25) is 0 Å². The monoisotopic (exact) mass is 251 g/mol. The Morgan fingerprint density at radius 2 is 2.29 bits per heavy atom. The van der Waals surface area contributed by atoms with Gasteiger partial charge >= 0.3 is 0 Å². The number of carbonyl (C=O) groups is 1. The maximum Gasteiger partial charge on any atom is 0.171 e. The Bertz CT molecular complexity index is 448. The zero-order valence-electron chi connectivity index (χ0n) is 7.21. The Balaban J connectivity index is 2.71. The predicted molar refractivity (Wildman–Crippen MR) is 53.3 cm³/mol. The third-order valence-corrected chi connectivity index (χ3v) is 2.74. The largest absolute Gasteiger partial charge is 0.491 e. The number of rotatable bonds is 0. The summed E-state index contributed by atoms with van der Waals surface area (Å²) in [4.78, 5) is 11.6. The number of nitriles is 1. The van der Waals surface area contributed by atoms with E-state index in [4.69, 9.17) is 10.00 Å². The smallest absolute Gasteiger partial charge is 0.171 e. The molecule has 0 aliphatic carbocycles. The van der Waals surface area contributed by atoms with Crippen LogP contribution in [0.4, 0.5) is 0 Å². The quantitative estimate of drug-likeness (QED) is 0.711. The lowest BCUT2D eigenvalue weighted by Gasteiger charge is -2.18. The van der Waals surface area contributed by atoms with E-state index in [2.05, 4.69) is 15.9 Å². The fourth-order valence-corrected chi connectivity index (χ4v) is 1.96. The van der Waals surface area contributed by atoms with Crippen molar-refractivity contribution in [3.63, 3.8) is 0 Å². The Labute approximate surface area is 89.4 Å². The van der Waals surface area contributed by atoms with Gasteiger partial charge in [0, 0.05) is 10.9 Å². The molecule has 3 nitrogen and oxygen atoms in total. The second-order valence-corrected chi connectivity index (χ2v) is 3.79. The summed E-state index contributed by atoms with van der Waals surface area (Å²) < 4.78 is 6.01. The van der Waals surface area contributed by atoms with E-state index in [1.165, 1.54) is 0 Å². The molecule has 0 bridgehead atoms. The minimum atomic E-state index is 0.0234. The Kier molecular flexibility index (Phi) is 2.26. The van der Waals surface area contributed by atoms with Crippen LogP contribution in [0.1, 0.15) is 22.3 Å². The SMILES string of the molecule is N#Cc1ccc(Br)c2c1OCCC2=O. The van der Waals surface area contributed by atoms with E-state index in [9.17, 15) is 4.79 Å². The molecule has 0 unspecified atom stereocenters. The van der Waals surface area contributed by atoms with Gasteiger partial charge in [-0.05, 0) is 28.1 Å². The fourth-order valence-electron chi connectivity index (χ4n) is 1.43. The zero-order valence-corrected chi connectivity index (χ0v) is 8.80. The molecule has 1 aromatic rings. The Hall–Kier alpha value is -1.34. The van der Waals surface area contributed by atoms with Crippen molar-refractivity contribution in [3.05, 3.63) is 27.7 Å². The number of nitrogens with zero attached hydrogens (tertiary/aromatic N) is 1. The second kappa shape index (κ2) is 3.43. The van der Waals surface area contributed by atoms with Crippen LogP contribution in [0.15, 0.2) is 16.6 Å². The van der Waals surface area contributed by atoms with E-state index in [1.807, 2.05) is 6.07 Å². The molecule has 2 rings (SSSR count). The molecule has 0 radical (unpaired) electrons. The topological polar surface area (TPSA) is 50.1 Å². The minimum absolute atomic E-state index is 0.0234. The molecule has 1 aliphatic heterocycles. The molecule has 0 spiro atoms. The number of halogens is 1. The number of hydrogen-bond acceptors (Lipinski definition) is 3. The number of ketones is 1. The van der Waals surface area contributed by atoms with Gasteiger partial charge in [0.2, 0.25) is 0 Å². The molecule has 0 fully saturated rings. The maximum atomic E-state index is 11.6. The molecule has 1 aromatic carbocycles. The van der Waals surface area contributed by atoms with E-state index >= 15 is 0 Å². The molecular weight excluding hydrogens is 246 g/mol. The third-order valence-electron chi connectivity index (χ3n) is 2.08. The van der Waals surface area contributed by atoms with Crippen molar-refractivity contribution in [1.82, 2.24) is 0 Å². The maximum absolute atomic E-state index is 11.6. The van der Waals surface area contributed by atoms with Crippen molar-refractivity contribution in [2.75, 3.05) is 6.61 Å². The normalized spacial score (nSPS) is 14.1. The highest BCUT2D eigenvalue weighted by Gasteiger charge is 2.23. The molecule has 0 saturated heterocycles. The molecule has 0 aromatic heterocycles. The van der Waals surface area contributed by atoms with Gasteiger partial charge < -0.3 is 4.74 Å². The average molecular weight is 252 g/mol. The van der Waals surface area contributed by atoms with Crippen LogP contribution in [0.25, 0.3) is 0 Å². The molecule has 70 valence electrons. The molecular formula is C10H6BrNO2. The molecule has 1 aliphatic rings. The highest BCUT2D eigenvalue weighted by molar-refractivity contribution is 9.10. The van der Waals surface area contributed by atoms with Crippen LogP contribution >= 0.6 is 15.9 Å². The van der Waals surface area contributed by atoms with Crippen LogP contribution in [-0.2, 0) is 0 Å². The molecule has 0 saturated carbocycles. The predicted octanol–water partition coefficient (Wildman–Crippen LogP) is 2.29. The zero-order chi connectivity index (χ0) is 10.1. The first kappa shape index (κ1) is 9.22. The first-order valence-corrected chi connectivity index (χ1v) is 4.92. The van der Waals surface area contributed by atoms with Crippen molar-refractivity contribution in [1.29, 1.82) is 5.26 Å². The van der Waals surface area contributed by atoms with Crippen LogP contribution < -0.4 is 4.74 Å². The number of carbonyl (C=O) groups excluding carboxylic acids is 1. The van der Waals surface area contributed by atoms with Gasteiger partial charge in [0.25, 0.3) is 0 Å². The number of fused-ring (bicyclic) bond motifs is 1. The van der Waals surface area contributed by atoms with Crippen molar-refractivity contribution in [2.24, 2.45) is 0 Å². The summed E-state index contributed by atoms with van der Waals surface area (Å²) in [6.45, 7) is 0.358. The van der Waals surface area contributed by atoms with Gasteiger partial charge in [-0.25, -0.2) is 0 Å². The Morgan fingerprint density at radius 1 is 1.50 bits per heavy atom. The average Bonchev–Trinajstić information content (AvgIpc) is 2.18. The van der Waals surface area contributed by atoms with Gasteiger partial charge in [-0.1, -0.05) is 0 Å². The molecule has 0 N–H and O–H groups in total. The lowest BCUT2D eigenvalue weighted by molar-refractivity contribution is 0.0932. The number of ether oxygens (including phenoxy) is 1. The standard InChI is InChI=1S/C10H6BrNO2/c11-7-2-1-6(5-12)10-9(7)8(13)3-4-14-10/h1-2H,3-4H2. The summed E-state index contributed by atoms with van der Waals surface area (Å²) in [5.74, 6) is 0.438. The van der Waals surface area contributed by atoms with E-state index in [0.717, 1.165) is 0 Å². The van der Waals surface area contributed by atoms with Crippen molar-refractivity contribution in [3.8, 4) is 11.8 Å². The van der Waals surface area contributed by atoms with Crippen molar-refractivity contribution < 1.29 is 9.53 Å². The number of benzene rings is 1. The van der Waals surface area contributed by atoms with Gasteiger partial charge in [0.15, 0.2) is 5.78 Å². The van der Waals surface area contributed by atoms with Crippen molar-refractivity contribution in [2.45, 2.75) is 6.42 Å². The van der Waals surface area contributed by atoms with Crippen LogP contribution in [0, 0.1) is 11.3 Å². The van der Waals surface area contributed by atoms with Crippen molar-refractivity contribution >= 4 is 21.7 Å². The first-order valence-electron chi connectivity index (χ1n) is 4.12. The summed E-state index contributed by atoms with van der Waals surface area (Å²) in [5.41, 5.74) is 0.909. The van der Waals surface area contributed by atoms with E-state index < -0.39 is 0 Å². The van der Waals surface area contributed by atoms with Gasteiger partial charge in [-0.3, -0.25) is 4.79 Å². The summed E-state index contributed by atoms with van der Waals surface area (Å²) in [6, 6.07) is 5.34. The minimum Gasteiger partial charge on any atom is -0.491 e.